The molecule has 0 saturated carbocycles. The number of pyridine rings is 1. The molecule has 0 atom stereocenters. The summed E-state index contributed by atoms with van der Waals surface area (Å²) < 4.78 is 0. The van der Waals surface area contributed by atoms with Crippen LogP contribution in [0.25, 0.3) is 10.9 Å². The average molecular weight is 236 g/mol. The molecule has 1 aromatic heterocycles. The number of benzene rings is 1. The average Bonchev–Trinajstić information content (AvgIpc) is 2.17. The summed E-state index contributed by atoms with van der Waals surface area (Å²) in [6, 6.07) is 10.5. The molecule has 0 aliphatic rings. The molecule has 1 heterocycles. The Bertz CT molecular complexity index is 470. The van der Waals surface area contributed by atoms with Crippen LogP contribution in [0.3, 0.4) is 0 Å². The third-order valence-corrected chi connectivity index (χ3v) is 1.81. The minimum atomic E-state index is -1.24. The van der Waals surface area contributed by atoms with Gasteiger partial charge in [0.15, 0.2) is 0 Å². The fourth-order valence-electron chi connectivity index (χ4n) is 1.18. The summed E-state index contributed by atoms with van der Waals surface area (Å²) in [4.78, 5) is 14.4. The number of aromatic carboxylic acids is 1. The monoisotopic (exact) mass is 235 g/mol. The fraction of sp³-hybridized carbons (Fsp3) is 0. The fourth-order valence-corrected chi connectivity index (χ4v) is 1.18. The smallest absolute Gasteiger partial charge is 0.543 e. The zero-order valence-electron chi connectivity index (χ0n) is 7.03. The molecule has 2 aromatic rings. The Balaban J connectivity index is 0.000000980. The molecule has 14 heavy (non-hydrogen) atoms. The van der Waals surface area contributed by atoms with Gasteiger partial charge < -0.3 is 9.90 Å². The molecule has 73 valence electrons. The van der Waals surface area contributed by atoms with Gasteiger partial charge in [-0.2, -0.15) is 0 Å². The zero-order valence-corrected chi connectivity index (χ0v) is 7.97. The minimum absolute atomic E-state index is 0. The van der Waals surface area contributed by atoms with E-state index in [0.29, 0.717) is 5.52 Å². The van der Waals surface area contributed by atoms with Gasteiger partial charge in [0.2, 0.25) is 0 Å². The van der Waals surface area contributed by atoms with Crippen LogP contribution in [0.4, 0.5) is 0 Å². The molecule has 1 radical (unpaired) electrons. The van der Waals surface area contributed by atoms with Gasteiger partial charge in [0.1, 0.15) is 0 Å². The van der Waals surface area contributed by atoms with Crippen LogP contribution in [0, 0.1) is 0 Å². The standard InChI is InChI=1S/C10H7NO2.Cu/c12-10(13)9-6-5-7-3-1-2-4-8(7)11-9;/h1-6H,(H,12,13);/q;+2/p-1. The molecule has 0 unspecified atom stereocenters. The normalized spacial score (nSPS) is 9.43. The summed E-state index contributed by atoms with van der Waals surface area (Å²) in [5.41, 5.74) is 0.642. The van der Waals surface area contributed by atoms with Crippen molar-refractivity contribution in [3.63, 3.8) is 0 Å². The van der Waals surface area contributed by atoms with Gasteiger partial charge in [-0.25, -0.2) is 4.98 Å². The second-order valence-corrected chi connectivity index (χ2v) is 2.68. The molecule has 0 aliphatic carbocycles. The van der Waals surface area contributed by atoms with Gasteiger partial charge in [-0.3, -0.25) is 0 Å². The van der Waals surface area contributed by atoms with Crippen molar-refractivity contribution in [2.24, 2.45) is 0 Å². The van der Waals surface area contributed by atoms with Crippen molar-refractivity contribution in [1.29, 1.82) is 0 Å². The van der Waals surface area contributed by atoms with E-state index >= 15 is 0 Å². The summed E-state index contributed by atoms with van der Waals surface area (Å²) in [6.45, 7) is 0. The number of hydrogen-bond acceptors (Lipinski definition) is 3. The van der Waals surface area contributed by atoms with Crippen LogP contribution in [-0.2, 0) is 17.1 Å². The van der Waals surface area contributed by atoms with Crippen LogP contribution < -0.4 is 5.11 Å². The first-order valence-corrected chi connectivity index (χ1v) is 3.84. The van der Waals surface area contributed by atoms with Gasteiger partial charge in [0, 0.05) is 5.39 Å². The minimum Gasteiger partial charge on any atom is -0.543 e. The number of para-hydroxylation sites is 1. The Morgan fingerprint density at radius 2 is 1.86 bits per heavy atom. The molecule has 0 spiro atoms. The molecule has 0 fully saturated rings. The predicted octanol–water partition coefficient (Wildman–Crippen LogP) is 0.596. The molecular weight excluding hydrogens is 230 g/mol. The van der Waals surface area contributed by atoms with E-state index in [-0.39, 0.29) is 22.8 Å². The molecule has 2 rings (SSSR count). The van der Waals surface area contributed by atoms with E-state index in [1.165, 1.54) is 6.07 Å². The van der Waals surface area contributed by atoms with E-state index in [1.54, 1.807) is 12.1 Å². The van der Waals surface area contributed by atoms with E-state index in [1.807, 2.05) is 18.2 Å². The Kier molecular flexibility index (Phi) is 3.23. The molecule has 0 saturated heterocycles. The van der Waals surface area contributed by atoms with Gasteiger partial charge in [0.05, 0.1) is 17.2 Å². The SMILES string of the molecule is O=C([O-])c1ccc2ccccc2n1.[Cu+2]. The molecule has 0 bridgehead atoms. The van der Waals surface area contributed by atoms with E-state index in [9.17, 15) is 9.90 Å². The molecule has 4 heteroatoms. The number of carboxylic acids is 1. The topological polar surface area (TPSA) is 53.0 Å². The third kappa shape index (κ3) is 1.92. The van der Waals surface area contributed by atoms with E-state index < -0.39 is 5.97 Å². The number of carbonyl (C=O) groups excluding carboxylic acids is 1. The van der Waals surface area contributed by atoms with Crippen molar-refractivity contribution in [3.05, 3.63) is 42.1 Å². The van der Waals surface area contributed by atoms with Gasteiger partial charge in [0.25, 0.3) is 0 Å². The first-order chi connectivity index (χ1) is 6.27. The Labute approximate surface area is 91.2 Å². The van der Waals surface area contributed by atoms with Crippen LogP contribution in [-0.4, -0.2) is 11.0 Å². The quantitative estimate of drug-likeness (QED) is 0.680. The van der Waals surface area contributed by atoms with E-state index in [2.05, 4.69) is 4.98 Å². The molecule has 1 aromatic carbocycles. The maximum Gasteiger partial charge on any atom is 2.00 e. The summed E-state index contributed by atoms with van der Waals surface area (Å²) in [5, 5.41) is 11.4. The van der Waals surface area contributed by atoms with Gasteiger partial charge in [-0.15, -0.1) is 0 Å². The molecular formula is C10H6CuNO2+. The van der Waals surface area contributed by atoms with Crippen molar-refractivity contribution in [1.82, 2.24) is 4.98 Å². The molecule has 0 aliphatic heterocycles. The zero-order chi connectivity index (χ0) is 9.26. The maximum absolute atomic E-state index is 10.5. The maximum atomic E-state index is 10.5. The van der Waals surface area contributed by atoms with Gasteiger partial charge in [-0.1, -0.05) is 24.3 Å². The van der Waals surface area contributed by atoms with E-state index in [0.717, 1.165) is 5.39 Å². The summed E-state index contributed by atoms with van der Waals surface area (Å²) in [6.07, 6.45) is 0. The Hall–Kier alpha value is -1.38. The number of carbonyl (C=O) groups is 1. The van der Waals surface area contributed by atoms with Crippen molar-refractivity contribution in [3.8, 4) is 0 Å². The van der Waals surface area contributed by atoms with Crippen LogP contribution >= 0.6 is 0 Å². The van der Waals surface area contributed by atoms with Crippen LogP contribution in [0.2, 0.25) is 0 Å². The van der Waals surface area contributed by atoms with Crippen molar-refractivity contribution < 1.29 is 27.0 Å². The second-order valence-electron chi connectivity index (χ2n) is 2.68. The van der Waals surface area contributed by atoms with Crippen molar-refractivity contribution in [2.75, 3.05) is 0 Å². The first kappa shape index (κ1) is 10.7. The van der Waals surface area contributed by atoms with Gasteiger partial charge in [-0.05, 0) is 12.1 Å². The molecule has 0 N–H and O–H groups in total. The Morgan fingerprint density at radius 1 is 1.14 bits per heavy atom. The van der Waals surface area contributed by atoms with Crippen LogP contribution in [0.1, 0.15) is 10.5 Å². The first-order valence-electron chi connectivity index (χ1n) is 3.84. The second kappa shape index (κ2) is 4.22. The summed E-state index contributed by atoms with van der Waals surface area (Å²) in [7, 11) is 0. The molecule has 3 nitrogen and oxygen atoms in total. The number of carboxylic acid groups (broad SMARTS) is 1. The summed E-state index contributed by atoms with van der Waals surface area (Å²) >= 11 is 0. The van der Waals surface area contributed by atoms with Crippen LogP contribution in [0.15, 0.2) is 36.4 Å². The number of rotatable bonds is 1. The summed E-state index contributed by atoms with van der Waals surface area (Å²) in [5.74, 6) is -1.24. The number of fused-ring (bicyclic) bond motifs is 1. The largest absolute Gasteiger partial charge is 2.00 e. The number of nitrogens with zero attached hydrogens (tertiary/aromatic N) is 1. The van der Waals surface area contributed by atoms with E-state index in [4.69, 9.17) is 0 Å². The number of hydrogen-bond donors (Lipinski definition) is 0. The predicted molar refractivity (Wildman–Crippen MR) is 46.1 cm³/mol. The number of aromatic nitrogens is 1. The third-order valence-electron chi connectivity index (χ3n) is 1.81. The molecule has 0 amide bonds. The Morgan fingerprint density at radius 3 is 2.57 bits per heavy atom. The van der Waals surface area contributed by atoms with Crippen molar-refractivity contribution >= 4 is 16.9 Å². The van der Waals surface area contributed by atoms with Crippen LogP contribution in [0.5, 0.6) is 0 Å². The van der Waals surface area contributed by atoms with Crippen molar-refractivity contribution in [2.45, 2.75) is 0 Å². The van der Waals surface area contributed by atoms with Gasteiger partial charge >= 0.3 is 17.1 Å².